The average Bonchev–Trinajstić information content (AvgIpc) is 2.56. The van der Waals surface area contributed by atoms with Crippen LogP contribution in [0.15, 0.2) is 36.4 Å². The Kier molecular flexibility index (Phi) is 7.07. The van der Waals surface area contributed by atoms with Crippen molar-refractivity contribution < 1.29 is 51.0 Å². The van der Waals surface area contributed by atoms with Crippen LogP contribution in [0.25, 0.3) is 11.1 Å². The van der Waals surface area contributed by atoms with E-state index in [-0.39, 0.29) is 51.0 Å². The molecule has 79 valence electrons. The minimum Gasteiger partial charge on any atom is -1.00 e. The molecular formula is C12H8Cl2PZr. The fourth-order valence-electron chi connectivity index (χ4n) is 1.89. The molecule has 0 saturated heterocycles. The van der Waals surface area contributed by atoms with Crippen LogP contribution in [0.2, 0.25) is 0 Å². The van der Waals surface area contributed by atoms with Gasteiger partial charge in [0.2, 0.25) is 0 Å². The zero-order chi connectivity index (χ0) is 8.67. The number of fused-ring (bicyclic) bond motifs is 3. The first kappa shape index (κ1) is 16.3. The van der Waals surface area contributed by atoms with Gasteiger partial charge < -0.3 is 24.8 Å². The van der Waals surface area contributed by atoms with Crippen molar-refractivity contribution in [3.63, 3.8) is 0 Å². The van der Waals surface area contributed by atoms with Gasteiger partial charge in [0.05, 0.1) is 0 Å². The van der Waals surface area contributed by atoms with Gasteiger partial charge in [0.25, 0.3) is 0 Å². The summed E-state index contributed by atoms with van der Waals surface area (Å²) in [6, 6.07) is 12.9. The summed E-state index contributed by atoms with van der Waals surface area (Å²) in [4.78, 5) is 0. The predicted octanol–water partition coefficient (Wildman–Crippen LogP) is -2.36. The SMILES string of the molecule is [Cl-].[Cl-].[Zr+3].[c-]1ccc2c(p1)Cc1ccccc1-2. The second kappa shape index (κ2) is 6.92. The summed E-state index contributed by atoms with van der Waals surface area (Å²) >= 11 is 0. The topological polar surface area (TPSA) is 0 Å². The zero-order valence-corrected chi connectivity index (χ0v) is 13.2. The minimum absolute atomic E-state index is 0. The molecule has 4 heteroatoms. The Morgan fingerprint density at radius 3 is 2.56 bits per heavy atom. The first-order valence-corrected chi connectivity index (χ1v) is 5.29. The van der Waals surface area contributed by atoms with E-state index in [9.17, 15) is 0 Å². The number of rotatable bonds is 0. The Labute approximate surface area is 129 Å². The van der Waals surface area contributed by atoms with Crippen molar-refractivity contribution in [2.24, 2.45) is 0 Å². The Balaban J connectivity index is 0.000000750. The standard InChI is InChI=1S/C12H8P.2ClH.Zr/c1-2-5-10-9(4-1)8-12-11(10)6-3-7-13-12;;;/h1-6H,8H2;2*1H;/q-1;;;+3/p-2. The summed E-state index contributed by atoms with van der Waals surface area (Å²) < 4.78 is 0. The van der Waals surface area contributed by atoms with E-state index >= 15 is 0 Å². The third-order valence-electron chi connectivity index (χ3n) is 2.50. The van der Waals surface area contributed by atoms with Crippen molar-refractivity contribution in [2.75, 3.05) is 0 Å². The van der Waals surface area contributed by atoms with E-state index in [1.165, 1.54) is 30.2 Å². The molecule has 0 saturated carbocycles. The van der Waals surface area contributed by atoms with Crippen molar-refractivity contribution in [3.05, 3.63) is 53.1 Å². The molecule has 0 aliphatic heterocycles. The summed E-state index contributed by atoms with van der Waals surface area (Å²) in [7, 11) is 1.25. The summed E-state index contributed by atoms with van der Waals surface area (Å²) in [5.74, 6) is 3.22. The van der Waals surface area contributed by atoms with Crippen LogP contribution >= 0.6 is 8.19 Å². The van der Waals surface area contributed by atoms with E-state index in [1.54, 1.807) is 0 Å². The first-order valence-electron chi connectivity index (χ1n) is 4.39. The molecule has 1 aromatic carbocycles. The van der Waals surface area contributed by atoms with E-state index in [2.05, 4.69) is 36.1 Å². The largest absolute Gasteiger partial charge is 3.00 e. The van der Waals surface area contributed by atoms with Crippen LogP contribution in [0.3, 0.4) is 0 Å². The van der Waals surface area contributed by atoms with E-state index in [0.717, 1.165) is 6.42 Å². The third-order valence-corrected chi connectivity index (χ3v) is 3.45. The zero-order valence-electron chi connectivity index (χ0n) is 8.37. The molecule has 16 heavy (non-hydrogen) atoms. The maximum Gasteiger partial charge on any atom is 3.00 e. The normalized spacial score (nSPS) is 10.5. The van der Waals surface area contributed by atoms with Crippen molar-refractivity contribution in [3.8, 4) is 11.1 Å². The van der Waals surface area contributed by atoms with Crippen LogP contribution in [-0.4, -0.2) is 0 Å². The maximum absolute atomic E-state index is 3.22. The second-order valence-corrected chi connectivity index (χ2v) is 4.29. The van der Waals surface area contributed by atoms with Gasteiger partial charge in [-0.1, -0.05) is 24.3 Å². The van der Waals surface area contributed by atoms with Crippen molar-refractivity contribution in [1.82, 2.24) is 0 Å². The Morgan fingerprint density at radius 2 is 1.75 bits per heavy atom. The van der Waals surface area contributed by atoms with E-state index in [4.69, 9.17) is 0 Å². The van der Waals surface area contributed by atoms with E-state index in [1.807, 2.05) is 6.07 Å². The molecule has 0 fully saturated rings. The van der Waals surface area contributed by atoms with Crippen molar-refractivity contribution in [1.29, 1.82) is 0 Å². The van der Waals surface area contributed by atoms with E-state index < -0.39 is 0 Å². The smallest absolute Gasteiger partial charge is 1.00 e. The van der Waals surface area contributed by atoms with Crippen LogP contribution in [0.5, 0.6) is 0 Å². The summed E-state index contributed by atoms with van der Waals surface area (Å²) in [6.07, 6.45) is 1.12. The molecular weight excluding hydrogens is 337 g/mol. The van der Waals surface area contributed by atoms with Crippen LogP contribution in [-0.2, 0) is 32.6 Å². The number of benzene rings is 1. The molecule has 2 aromatic rings. The molecule has 0 amide bonds. The van der Waals surface area contributed by atoms with Gasteiger partial charge in [-0.2, -0.15) is 17.9 Å². The third kappa shape index (κ3) is 2.77. The fourth-order valence-corrected chi connectivity index (χ4v) is 2.76. The number of halogens is 2. The maximum atomic E-state index is 3.22. The predicted molar refractivity (Wildman–Crippen MR) is 56.0 cm³/mol. The quantitative estimate of drug-likeness (QED) is 0.400. The van der Waals surface area contributed by atoms with Crippen LogP contribution in [0, 0.1) is 5.80 Å². The van der Waals surface area contributed by atoms with Gasteiger partial charge in [0.15, 0.2) is 0 Å². The molecule has 1 aliphatic rings. The molecule has 0 bridgehead atoms. The van der Waals surface area contributed by atoms with Gasteiger partial charge in [-0.05, 0) is 17.5 Å². The van der Waals surface area contributed by atoms with Gasteiger partial charge >= 0.3 is 26.2 Å². The van der Waals surface area contributed by atoms with Gasteiger partial charge in [-0.3, -0.25) is 0 Å². The monoisotopic (exact) mass is 343 g/mol. The molecule has 3 rings (SSSR count). The van der Waals surface area contributed by atoms with Crippen LogP contribution in [0.4, 0.5) is 0 Å². The first-order chi connectivity index (χ1) is 6.45. The van der Waals surface area contributed by atoms with Crippen molar-refractivity contribution >= 4 is 8.19 Å². The average molecular weight is 345 g/mol. The minimum atomic E-state index is 0. The van der Waals surface area contributed by atoms with Crippen molar-refractivity contribution in [2.45, 2.75) is 6.42 Å². The summed E-state index contributed by atoms with van der Waals surface area (Å²) in [5.41, 5.74) is 4.31. The van der Waals surface area contributed by atoms with Crippen LogP contribution < -0.4 is 24.8 Å². The summed E-state index contributed by atoms with van der Waals surface area (Å²) in [6.45, 7) is 0. The Morgan fingerprint density at radius 1 is 1.00 bits per heavy atom. The van der Waals surface area contributed by atoms with Gasteiger partial charge in [-0.15, -0.1) is 10.9 Å². The molecule has 1 radical (unpaired) electrons. The second-order valence-electron chi connectivity index (χ2n) is 3.27. The molecule has 0 spiro atoms. The number of hydrogen-bond donors (Lipinski definition) is 0. The molecule has 0 atom stereocenters. The van der Waals surface area contributed by atoms with Gasteiger partial charge in [0, 0.05) is 0 Å². The molecule has 1 aliphatic carbocycles. The Hall–Kier alpha value is 0.333. The summed E-state index contributed by atoms with van der Waals surface area (Å²) in [5, 5.41) is 1.50. The molecule has 0 nitrogen and oxygen atoms in total. The number of hydrogen-bond acceptors (Lipinski definition) is 0. The molecule has 0 N–H and O–H groups in total. The van der Waals surface area contributed by atoms with Crippen LogP contribution in [0.1, 0.15) is 10.9 Å². The van der Waals surface area contributed by atoms with Gasteiger partial charge in [0.1, 0.15) is 0 Å². The Bertz CT molecular complexity index is 431. The van der Waals surface area contributed by atoms with E-state index in [0.29, 0.717) is 0 Å². The molecule has 1 heterocycles. The molecule has 0 unspecified atom stereocenters. The fraction of sp³-hybridized carbons (Fsp3) is 0.0833. The van der Waals surface area contributed by atoms with Gasteiger partial charge in [-0.25, -0.2) is 8.19 Å². The molecule has 1 aromatic heterocycles.